The Kier molecular flexibility index (Phi) is 4.35. The van der Waals surface area contributed by atoms with Crippen LogP contribution in [0.4, 0.5) is 0 Å². The Morgan fingerprint density at radius 2 is 2.20 bits per heavy atom. The maximum Gasteiger partial charge on any atom is 0.328 e. The lowest BCUT2D eigenvalue weighted by atomic mass is 10.0. The zero-order valence-electron chi connectivity index (χ0n) is 11.5. The van der Waals surface area contributed by atoms with Crippen molar-refractivity contribution in [2.75, 3.05) is 6.61 Å². The lowest BCUT2D eigenvalue weighted by molar-refractivity contribution is -0.131. The summed E-state index contributed by atoms with van der Waals surface area (Å²) in [6, 6.07) is 9.47. The third-order valence-electron chi connectivity index (χ3n) is 3.03. The molecule has 1 aromatic carbocycles. The third-order valence-corrected chi connectivity index (χ3v) is 3.03. The van der Waals surface area contributed by atoms with E-state index in [0.717, 1.165) is 16.5 Å². The maximum atomic E-state index is 10.8. The summed E-state index contributed by atoms with van der Waals surface area (Å²) in [5.41, 5.74) is 1.66. The first-order valence-electron chi connectivity index (χ1n) is 6.47. The number of carboxylic acids is 1. The van der Waals surface area contributed by atoms with Crippen molar-refractivity contribution in [1.29, 1.82) is 0 Å². The van der Waals surface area contributed by atoms with E-state index in [2.05, 4.69) is 4.98 Å². The molecule has 0 saturated heterocycles. The minimum Gasteiger partial charge on any atom is -0.489 e. The molecule has 0 amide bonds. The van der Waals surface area contributed by atoms with Gasteiger partial charge in [-0.05, 0) is 35.8 Å². The maximum absolute atomic E-state index is 10.8. The van der Waals surface area contributed by atoms with E-state index in [1.54, 1.807) is 6.20 Å². The molecule has 1 heterocycles. The first kappa shape index (κ1) is 14.1. The Labute approximate surface area is 117 Å². The first-order valence-corrected chi connectivity index (χ1v) is 6.47. The van der Waals surface area contributed by atoms with Gasteiger partial charge >= 0.3 is 5.97 Å². The Morgan fingerprint density at radius 1 is 1.40 bits per heavy atom. The molecule has 0 radical (unpaired) electrons. The Morgan fingerprint density at radius 3 is 2.90 bits per heavy atom. The number of fused-ring (bicyclic) bond motifs is 1. The average molecular weight is 271 g/mol. The van der Waals surface area contributed by atoms with Crippen LogP contribution in [0.15, 0.2) is 48.2 Å². The van der Waals surface area contributed by atoms with Crippen molar-refractivity contribution in [1.82, 2.24) is 4.98 Å². The molecule has 104 valence electrons. The predicted molar refractivity (Wildman–Crippen MR) is 77.8 cm³/mol. The quantitative estimate of drug-likeness (QED) is 0.848. The minimum absolute atomic E-state index is 0.133. The highest BCUT2D eigenvalue weighted by Gasteiger charge is 2.07. The molecule has 4 nitrogen and oxygen atoms in total. The van der Waals surface area contributed by atoms with Gasteiger partial charge in [0.15, 0.2) is 0 Å². The zero-order valence-corrected chi connectivity index (χ0v) is 11.5. The van der Waals surface area contributed by atoms with Gasteiger partial charge in [-0.3, -0.25) is 4.98 Å². The van der Waals surface area contributed by atoms with Gasteiger partial charge < -0.3 is 9.84 Å². The largest absolute Gasteiger partial charge is 0.489 e. The van der Waals surface area contributed by atoms with E-state index in [1.165, 1.54) is 6.08 Å². The molecule has 0 saturated carbocycles. The van der Waals surface area contributed by atoms with E-state index in [9.17, 15) is 4.79 Å². The van der Waals surface area contributed by atoms with Crippen LogP contribution in [0.5, 0.6) is 5.75 Å². The van der Waals surface area contributed by atoms with Crippen molar-refractivity contribution in [3.8, 4) is 5.75 Å². The van der Waals surface area contributed by atoms with Gasteiger partial charge in [0.1, 0.15) is 12.4 Å². The normalized spacial score (nSPS) is 11.8. The van der Waals surface area contributed by atoms with Crippen LogP contribution in [-0.4, -0.2) is 22.7 Å². The standard InChI is InChI=1S/C16H17NO3/c1-11(2)13(9-16(18)19)10-20-14-5-6-15-12(8-14)4-3-7-17-15/h3-9,11H,10H2,1-2H3,(H,18,19)/b13-9-. The molecule has 0 spiro atoms. The Hall–Kier alpha value is -2.36. The van der Waals surface area contributed by atoms with Gasteiger partial charge in [-0.15, -0.1) is 0 Å². The lowest BCUT2D eigenvalue weighted by Gasteiger charge is -2.12. The van der Waals surface area contributed by atoms with Gasteiger partial charge in [0.2, 0.25) is 0 Å². The summed E-state index contributed by atoms with van der Waals surface area (Å²) in [6.45, 7) is 4.17. The fourth-order valence-electron chi connectivity index (χ4n) is 1.84. The van der Waals surface area contributed by atoms with E-state index in [-0.39, 0.29) is 12.5 Å². The van der Waals surface area contributed by atoms with Gasteiger partial charge in [0.05, 0.1) is 5.52 Å². The van der Waals surface area contributed by atoms with E-state index in [1.807, 2.05) is 44.2 Å². The number of carbonyl (C=O) groups is 1. The van der Waals surface area contributed by atoms with Crippen LogP contribution in [0.25, 0.3) is 10.9 Å². The predicted octanol–water partition coefficient (Wildman–Crippen LogP) is 3.28. The second kappa shape index (κ2) is 6.19. The average Bonchev–Trinajstić information content (AvgIpc) is 2.42. The van der Waals surface area contributed by atoms with Crippen LogP contribution in [0.1, 0.15) is 13.8 Å². The van der Waals surface area contributed by atoms with E-state index >= 15 is 0 Å². The third kappa shape index (κ3) is 3.57. The molecule has 2 rings (SSSR count). The molecule has 1 N–H and O–H groups in total. The molecule has 0 bridgehead atoms. The van der Waals surface area contributed by atoms with Crippen molar-refractivity contribution in [3.63, 3.8) is 0 Å². The second-order valence-electron chi connectivity index (χ2n) is 4.86. The molecule has 1 aromatic heterocycles. The highest BCUT2D eigenvalue weighted by atomic mass is 16.5. The fourth-order valence-corrected chi connectivity index (χ4v) is 1.84. The summed E-state index contributed by atoms with van der Waals surface area (Å²) in [5.74, 6) is -0.101. The van der Waals surface area contributed by atoms with Gasteiger partial charge in [0, 0.05) is 17.7 Å². The number of carboxylic acid groups (broad SMARTS) is 1. The van der Waals surface area contributed by atoms with Gasteiger partial charge in [-0.2, -0.15) is 0 Å². The van der Waals surface area contributed by atoms with Crippen LogP contribution in [0, 0.1) is 5.92 Å². The van der Waals surface area contributed by atoms with Crippen molar-refractivity contribution in [2.24, 2.45) is 5.92 Å². The number of rotatable bonds is 5. The molecule has 0 atom stereocenters. The molecular formula is C16H17NO3. The smallest absolute Gasteiger partial charge is 0.328 e. The summed E-state index contributed by atoms with van der Waals surface area (Å²) in [4.78, 5) is 15.0. The van der Waals surface area contributed by atoms with Crippen molar-refractivity contribution in [3.05, 3.63) is 48.2 Å². The van der Waals surface area contributed by atoms with E-state index in [0.29, 0.717) is 5.75 Å². The zero-order chi connectivity index (χ0) is 14.5. The molecular weight excluding hydrogens is 254 g/mol. The summed E-state index contributed by atoms with van der Waals surface area (Å²) in [5, 5.41) is 9.83. The molecule has 4 heteroatoms. The Balaban J connectivity index is 2.13. The number of benzene rings is 1. The molecule has 20 heavy (non-hydrogen) atoms. The minimum atomic E-state index is -0.944. The summed E-state index contributed by atoms with van der Waals surface area (Å²) < 4.78 is 5.68. The molecule has 0 fully saturated rings. The molecule has 0 aliphatic heterocycles. The monoisotopic (exact) mass is 271 g/mol. The number of hydrogen-bond acceptors (Lipinski definition) is 3. The van der Waals surface area contributed by atoms with Crippen LogP contribution < -0.4 is 4.74 Å². The topological polar surface area (TPSA) is 59.4 Å². The SMILES string of the molecule is CC(C)/C(=C\C(=O)O)COc1ccc2ncccc2c1. The van der Waals surface area contributed by atoms with Crippen LogP contribution in [0.2, 0.25) is 0 Å². The van der Waals surface area contributed by atoms with Gasteiger partial charge in [0.25, 0.3) is 0 Å². The summed E-state index contributed by atoms with van der Waals surface area (Å²) >= 11 is 0. The lowest BCUT2D eigenvalue weighted by Crippen LogP contribution is -2.09. The number of aromatic nitrogens is 1. The van der Waals surface area contributed by atoms with E-state index < -0.39 is 5.97 Å². The Bertz CT molecular complexity index is 647. The van der Waals surface area contributed by atoms with Gasteiger partial charge in [-0.25, -0.2) is 4.79 Å². The van der Waals surface area contributed by atoms with Crippen LogP contribution in [0.3, 0.4) is 0 Å². The highest BCUT2D eigenvalue weighted by molar-refractivity contribution is 5.81. The molecule has 0 unspecified atom stereocenters. The number of pyridine rings is 1. The summed E-state index contributed by atoms with van der Waals surface area (Å²) in [6.07, 6.45) is 2.96. The second-order valence-corrected chi connectivity index (χ2v) is 4.86. The van der Waals surface area contributed by atoms with Crippen molar-refractivity contribution >= 4 is 16.9 Å². The molecule has 0 aliphatic carbocycles. The van der Waals surface area contributed by atoms with Crippen LogP contribution >= 0.6 is 0 Å². The fraction of sp³-hybridized carbons (Fsp3) is 0.250. The number of nitrogens with zero attached hydrogens (tertiary/aromatic N) is 1. The highest BCUT2D eigenvalue weighted by Crippen LogP contribution is 2.20. The van der Waals surface area contributed by atoms with E-state index in [4.69, 9.17) is 9.84 Å². The van der Waals surface area contributed by atoms with Crippen LogP contribution in [-0.2, 0) is 4.79 Å². The number of hydrogen-bond donors (Lipinski definition) is 1. The first-order chi connectivity index (χ1) is 9.56. The van der Waals surface area contributed by atoms with Crippen molar-refractivity contribution < 1.29 is 14.6 Å². The van der Waals surface area contributed by atoms with Gasteiger partial charge in [-0.1, -0.05) is 19.9 Å². The summed E-state index contributed by atoms with van der Waals surface area (Å²) in [7, 11) is 0. The number of ether oxygens (including phenoxy) is 1. The number of aliphatic carboxylic acids is 1. The van der Waals surface area contributed by atoms with Crippen molar-refractivity contribution in [2.45, 2.75) is 13.8 Å². The molecule has 0 aliphatic rings. The molecule has 2 aromatic rings.